The lowest BCUT2D eigenvalue weighted by Crippen LogP contribution is -2.41. The van der Waals surface area contributed by atoms with E-state index in [1.165, 1.54) is 49.9 Å². The van der Waals surface area contributed by atoms with Crippen LogP contribution in [-0.2, 0) is 4.79 Å². The molecule has 0 unspecified atom stereocenters. The first-order valence-corrected chi connectivity index (χ1v) is 11.8. The Kier molecular flexibility index (Phi) is 6.07. The van der Waals surface area contributed by atoms with Crippen molar-refractivity contribution in [2.45, 2.75) is 76.3 Å². The van der Waals surface area contributed by atoms with Crippen LogP contribution in [-0.4, -0.2) is 28.1 Å². The molecule has 140 valence electrons. The van der Waals surface area contributed by atoms with E-state index in [2.05, 4.69) is 0 Å². The number of thiophene rings is 1. The molecule has 0 bridgehead atoms. The minimum Gasteiger partial charge on any atom is -0.284 e. The molecule has 2 saturated carbocycles. The quantitative estimate of drug-likeness (QED) is 0.546. The van der Waals surface area contributed by atoms with Crippen molar-refractivity contribution in [3.8, 4) is 0 Å². The van der Waals surface area contributed by atoms with Gasteiger partial charge in [-0.3, -0.25) is 14.7 Å². The van der Waals surface area contributed by atoms with Gasteiger partial charge in [0.05, 0.1) is 15.3 Å². The first-order chi connectivity index (χ1) is 12.7. The largest absolute Gasteiger partial charge is 0.284 e. The minimum absolute atomic E-state index is 0.140. The molecule has 0 spiro atoms. The number of nitrogens with zero attached hydrogens (tertiary/aromatic N) is 2. The molecule has 0 radical (unpaired) electrons. The highest BCUT2D eigenvalue weighted by Crippen LogP contribution is 2.39. The SMILES string of the molecule is O=C1/C(=C/c2ccc(Cl)s2)SC(=NC2CCCCC2)N1C1CCCCC1. The highest BCUT2D eigenvalue weighted by molar-refractivity contribution is 8.18. The molecule has 2 aliphatic carbocycles. The number of thioether (sulfide) groups is 1. The van der Waals surface area contributed by atoms with Gasteiger partial charge < -0.3 is 0 Å². The van der Waals surface area contributed by atoms with E-state index in [-0.39, 0.29) is 5.91 Å². The molecular weight excluding hydrogens is 384 g/mol. The molecule has 1 aromatic rings. The summed E-state index contributed by atoms with van der Waals surface area (Å²) in [4.78, 5) is 22.1. The molecular formula is C20H25ClN2OS2. The van der Waals surface area contributed by atoms with Gasteiger partial charge in [0.25, 0.3) is 5.91 Å². The Morgan fingerprint density at radius 3 is 2.38 bits per heavy atom. The van der Waals surface area contributed by atoms with Crippen molar-refractivity contribution in [1.29, 1.82) is 0 Å². The second-order valence-corrected chi connectivity index (χ2v) is 10.2. The molecule has 1 saturated heterocycles. The van der Waals surface area contributed by atoms with Crippen molar-refractivity contribution >= 4 is 51.9 Å². The normalized spacial score (nSPS) is 26.3. The maximum atomic E-state index is 13.2. The van der Waals surface area contributed by atoms with Gasteiger partial charge in [-0.05, 0) is 55.7 Å². The molecule has 4 rings (SSSR count). The van der Waals surface area contributed by atoms with Gasteiger partial charge in [-0.15, -0.1) is 11.3 Å². The number of amides is 1. The van der Waals surface area contributed by atoms with Crippen LogP contribution in [0.5, 0.6) is 0 Å². The molecule has 0 aromatic carbocycles. The number of carbonyl (C=O) groups is 1. The summed E-state index contributed by atoms with van der Waals surface area (Å²) in [5.41, 5.74) is 0. The molecule has 26 heavy (non-hydrogen) atoms. The summed E-state index contributed by atoms with van der Waals surface area (Å²) in [6.07, 6.45) is 14.1. The summed E-state index contributed by atoms with van der Waals surface area (Å²) in [5.74, 6) is 0.140. The zero-order chi connectivity index (χ0) is 17.9. The standard InChI is InChI=1S/C20H25ClN2OS2/c21-18-12-11-16(25-18)13-17-19(24)23(15-9-5-2-6-10-15)20(26-17)22-14-7-3-1-4-8-14/h11-15H,1-10H2/b17-13-,22-20?. The van der Waals surface area contributed by atoms with Crippen LogP contribution in [0.4, 0.5) is 0 Å². The van der Waals surface area contributed by atoms with Crippen LogP contribution in [0.15, 0.2) is 22.0 Å². The van der Waals surface area contributed by atoms with E-state index >= 15 is 0 Å². The number of aliphatic imine (C=N–C) groups is 1. The molecule has 1 amide bonds. The zero-order valence-electron chi connectivity index (χ0n) is 15.0. The summed E-state index contributed by atoms with van der Waals surface area (Å²) in [6, 6.07) is 4.58. The average molecular weight is 409 g/mol. The fraction of sp³-hybridized carbons (Fsp3) is 0.600. The van der Waals surface area contributed by atoms with Crippen LogP contribution in [0, 0.1) is 0 Å². The van der Waals surface area contributed by atoms with Crippen molar-refractivity contribution in [2.24, 2.45) is 4.99 Å². The first-order valence-electron chi connectivity index (χ1n) is 9.77. The van der Waals surface area contributed by atoms with E-state index in [0.29, 0.717) is 12.1 Å². The summed E-state index contributed by atoms with van der Waals surface area (Å²) in [5, 5.41) is 0.947. The molecule has 1 aliphatic heterocycles. The second-order valence-electron chi connectivity index (χ2n) is 7.42. The summed E-state index contributed by atoms with van der Waals surface area (Å²) < 4.78 is 0.757. The van der Waals surface area contributed by atoms with Crippen LogP contribution in [0.3, 0.4) is 0 Å². The lowest BCUT2D eigenvalue weighted by molar-refractivity contribution is -0.124. The Bertz CT molecular complexity index is 715. The Labute approximate surface area is 168 Å². The van der Waals surface area contributed by atoms with Gasteiger partial charge in [-0.25, -0.2) is 0 Å². The van der Waals surface area contributed by atoms with E-state index < -0.39 is 0 Å². The highest BCUT2D eigenvalue weighted by atomic mass is 35.5. The van der Waals surface area contributed by atoms with Crippen molar-refractivity contribution in [3.63, 3.8) is 0 Å². The molecule has 0 atom stereocenters. The molecule has 3 nitrogen and oxygen atoms in total. The van der Waals surface area contributed by atoms with Crippen LogP contribution in [0.1, 0.15) is 69.1 Å². The lowest BCUT2D eigenvalue weighted by atomic mass is 9.94. The Balaban J connectivity index is 1.61. The van der Waals surface area contributed by atoms with Gasteiger partial charge >= 0.3 is 0 Å². The molecule has 0 N–H and O–H groups in total. The van der Waals surface area contributed by atoms with E-state index in [0.717, 1.165) is 45.0 Å². The monoisotopic (exact) mass is 408 g/mol. The van der Waals surface area contributed by atoms with Gasteiger partial charge in [-0.2, -0.15) is 0 Å². The van der Waals surface area contributed by atoms with E-state index in [9.17, 15) is 4.79 Å². The first kappa shape index (κ1) is 18.6. The topological polar surface area (TPSA) is 32.7 Å². The van der Waals surface area contributed by atoms with Crippen LogP contribution >= 0.6 is 34.7 Å². The van der Waals surface area contributed by atoms with Gasteiger partial charge in [0.2, 0.25) is 0 Å². The van der Waals surface area contributed by atoms with Crippen LogP contribution in [0.25, 0.3) is 6.08 Å². The minimum atomic E-state index is 0.140. The third-order valence-electron chi connectivity index (χ3n) is 5.51. The number of halogens is 1. The predicted molar refractivity (Wildman–Crippen MR) is 113 cm³/mol. The van der Waals surface area contributed by atoms with Crippen molar-refractivity contribution < 1.29 is 4.79 Å². The number of hydrogen-bond acceptors (Lipinski definition) is 4. The molecule has 1 aromatic heterocycles. The van der Waals surface area contributed by atoms with Gasteiger partial charge in [0.1, 0.15) is 0 Å². The summed E-state index contributed by atoms with van der Waals surface area (Å²) in [7, 11) is 0. The smallest absolute Gasteiger partial charge is 0.267 e. The van der Waals surface area contributed by atoms with E-state index in [4.69, 9.17) is 16.6 Å². The van der Waals surface area contributed by atoms with Crippen molar-refractivity contribution in [3.05, 3.63) is 26.3 Å². The van der Waals surface area contributed by atoms with Crippen LogP contribution in [0.2, 0.25) is 4.34 Å². The zero-order valence-corrected chi connectivity index (χ0v) is 17.3. The maximum Gasteiger partial charge on any atom is 0.267 e. The second kappa shape index (κ2) is 8.49. The van der Waals surface area contributed by atoms with Gasteiger partial charge in [0.15, 0.2) is 5.17 Å². The lowest BCUT2D eigenvalue weighted by Gasteiger charge is -2.31. The summed E-state index contributed by atoms with van der Waals surface area (Å²) >= 11 is 9.14. The fourth-order valence-corrected chi connectivity index (χ4v) is 6.32. The van der Waals surface area contributed by atoms with Crippen molar-refractivity contribution in [1.82, 2.24) is 4.90 Å². The maximum absolute atomic E-state index is 13.2. The van der Waals surface area contributed by atoms with E-state index in [1.807, 2.05) is 23.1 Å². The molecule has 3 fully saturated rings. The average Bonchev–Trinajstić information content (AvgIpc) is 3.20. The molecule has 6 heteroatoms. The van der Waals surface area contributed by atoms with Gasteiger partial charge in [-0.1, -0.05) is 50.1 Å². The Morgan fingerprint density at radius 1 is 1.04 bits per heavy atom. The molecule has 3 aliphatic rings. The van der Waals surface area contributed by atoms with Gasteiger partial charge in [0, 0.05) is 10.9 Å². The summed E-state index contributed by atoms with van der Waals surface area (Å²) in [6.45, 7) is 0. The predicted octanol–water partition coefficient (Wildman–Crippen LogP) is 6.34. The fourth-order valence-electron chi connectivity index (χ4n) is 4.14. The third-order valence-corrected chi connectivity index (χ3v) is 7.69. The van der Waals surface area contributed by atoms with Crippen molar-refractivity contribution in [2.75, 3.05) is 0 Å². The number of carbonyl (C=O) groups excluding carboxylic acids is 1. The Hall–Kier alpha value is -0.780. The molecule has 2 heterocycles. The third kappa shape index (κ3) is 4.20. The number of rotatable bonds is 3. The number of amidine groups is 1. The van der Waals surface area contributed by atoms with E-state index in [1.54, 1.807) is 11.8 Å². The number of hydrogen-bond donors (Lipinski definition) is 0. The Morgan fingerprint density at radius 2 is 1.73 bits per heavy atom. The van der Waals surface area contributed by atoms with Crippen LogP contribution < -0.4 is 0 Å². The highest BCUT2D eigenvalue weighted by Gasteiger charge is 2.39.